The SMILES string of the molecule is COCCOCOc1ccc(-c2nnc(-c3ccc(C(=O)O)cc3)o2)cc1C12CC3CC(CC(C3)C1)C2. The first-order valence-electron chi connectivity index (χ1n) is 13.0. The van der Waals surface area contributed by atoms with Crippen LogP contribution in [-0.4, -0.2) is 48.4 Å². The normalized spacial score (nSPS) is 25.9. The fourth-order valence-corrected chi connectivity index (χ4v) is 7.16. The first kappa shape index (κ1) is 24.1. The predicted octanol–water partition coefficient (Wildman–Crippen LogP) is 5.57. The van der Waals surface area contributed by atoms with E-state index < -0.39 is 5.97 Å². The zero-order chi connectivity index (χ0) is 25.4. The summed E-state index contributed by atoms with van der Waals surface area (Å²) in [6.45, 7) is 1.20. The van der Waals surface area contributed by atoms with Crippen LogP contribution in [0, 0.1) is 17.8 Å². The maximum absolute atomic E-state index is 11.2. The highest BCUT2D eigenvalue weighted by Crippen LogP contribution is 2.62. The average Bonchev–Trinajstić information content (AvgIpc) is 3.38. The van der Waals surface area contributed by atoms with E-state index in [0.717, 1.165) is 29.1 Å². The number of methoxy groups -OCH3 is 1. The molecule has 4 bridgehead atoms. The second-order valence-electron chi connectivity index (χ2n) is 10.9. The van der Waals surface area contributed by atoms with Gasteiger partial charge in [0.1, 0.15) is 5.75 Å². The number of aromatic nitrogens is 2. The lowest BCUT2D eigenvalue weighted by atomic mass is 9.48. The first-order valence-corrected chi connectivity index (χ1v) is 13.0. The number of nitrogens with zero attached hydrogens (tertiary/aromatic N) is 2. The number of hydrogen-bond donors (Lipinski definition) is 1. The van der Waals surface area contributed by atoms with E-state index >= 15 is 0 Å². The number of benzene rings is 2. The number of carboxylic acid groups (broad SMARTS) is 1. The van der Waals surface area contributed by atoms with Crippen molar-refractivity contribution in [2.24, 2.45) is 17.8 Å². The molecule has 1 N–H and O–H groups in total. The van der Waals surface area contributed by atoms with Crippen molar-refractivity contribution in [2.45, 2.75) is 43.9 Å². The highest BCUT2D eigenvalue weighted by atomic mass is 16.7. The van der Waals surface area contributed by atoms with Crippen molar-refractivity contribution in [3.8, 4) is 28.7 Å². The van der Waals surface area contributed by atoms with Crippen molar-refractivity contribution in [2.75, 3.05) is 27.1 Å². The van der Waals surface area contributed by atoms with E-state index in [0.29, 0.717) is 30.6 Å². The topological polar surface area (TPSA) is 104 Å². The van der Waals surface area contributed by atoms with Gasteiger partial charge in [-0.2, -0.15) is 0 Å². The summed E-state index contributed by atoms with van der Waals surface area (Å²) in [7, 11) is 1.65. The van der Waals surface area contributed by atoms with Gasteiger partial charge in [0.2, 0.25) is 11.8 Å². The van der Waals surface area contributed by atoms with Crippen molar-refractivity contribution >= 4 is 5.97 Å². The number of carboxylic acids is 1. The summed E-state index contributed by atoms with van der Waals surface area (Å²) in [5.74, 6) is 3.08. The molecule has 8 heteroatoms. The Morgan fingerprint density at radius 2 is 1.57 bits per heavy atom. The van der Waals surface area contributed by atoms with Gasteiger partial charge in [0, 0.05) is 23.8 Å². The van der Waals surface area contributed by atoms with Gasteiger partial charge in [-0.1, -0.05) is 0 Å². The molecular weight excluding hydrogens is 472 g/mol. The molecule has 3 aromatic rings. The van der Waals surface area contributed by atoms with E-state index in [1.165, 1.54) is 56.2 Å². The minimum atomic E-state index is -0.971. The second kappa shape index (κ2) is 9.91. The van der Waals surface area contributed by atoms with E-state index in [1.807, 2.05) is 12.1 Å². The van der Waals surface area contributed by atoms with Gasteiger partial charge in [-0.3, -0.25) is 0 Å². The lowest BCUT2D eigenvalue weighted by Crippen LogP contribution is -2.48. The molecule has 0 aliphatic heterocycles. The van der Waals surface area contributed by atoms with E-state index in [4.69, 9.17) is 23.7 Å². The summed E-state index contributed by atoms with van der Waals surface area (Å²) in [5.41, 5.74) is 3.09. The van der Waals surface area contributed by atoms with E-state index in [1.54, 1.807) is 19.2 Å². The highest BCUT2D eigenvalue weighted by molar-refractivity contribution is 5.88. The number of carbonyl (C=O) groups is 1. The Morgan fingerprint density at radius 1 is 0.946 bits per heavy atom. The Kier molecular flexibility index (Phi) is 6.46. The zero-order valence-corrected chi connectivity index (χ0v) is 21.0. The molecule has 0 unspecified atom stereocenters. The maximum atomic E-state index is 11.2. The van der Waals surface area contributed by atoms with Gasteiger partial charge < -0.3 is 23.7 Å². The Bertz CT molecular complexity index is 1230. The Labute approximate surface area is 216 Å². The summed E-state index contributed by atoms with van der Waals surface area (Å²) in [5, 5.41) is 17.7. The van der Waals surface area contributed by atoms with Crippen LogP contribution in [0.2, 0.25) is 0 Å². The minimum Gasteiger partial charge on any atom is -0.478 e. The van der Waals surface area contributed by atoms with Crippen LogP contribution < -0.4 is 4.74 Å². The van der Waals surface area contributed by atoms with E-state index in [9.17, 15) is 4.79 Å². The monoisotopic (exact) mass is 504 g/mol. The first-order chi connectivity index (χ1) is 18.0. The molecule has 4 aliphatic rings. The van der Waals surface area contributed by atoms with Gasteiger partial charge in [0.05, 0.1) is 18.8 Å². The maximum Gasteiger partial charge on any atom is 0.335 e. The Hall–Kier alpha value is -3.23. The fraction of sp³-hybridized carbons (Fsp3) is 0.483. The molecular formula is C29H32N2O6. The van der Waals surface area contributed by atoms with Gasteiger partial charge in [-0.05, 0) is 104 Å². The van der Waals surface area contributed by atoms with E-state index in [-0.39, 0.29) is 17.8 Å². The Morgan fingerprint density at radius 3 is 2.19 bits per heavy atom. The van der Waals surface area contributed by atoms with Gasteiger partial charge in [0.25, 0.3) is 0 Å². The average molecular weight is 505 g/mol. The predicted molar refractivity (Wildman–Crippen MR) is 135 cm³/mol. The third-order valence-electron chi connectivity index (χ3n) is 8.37. The van der Waals surface area contributed by atoms with Crippen LogP contribution >= 0.6 is 0 Å². The van der Waals surface area contributed by atoms with Crippen molar-refractivity contribution in [3.05, 3.63) is 53.6 Å². The molecule has 4 fully saturated rings. The van der Waals surface area contributed by atoms with Crippen LogP contribution in [0.1, 0.15) is 54.4 Å². The number of rotatable bonds is 10. The third kappa shape index (κ3) is 4.76. The van der Waals surface area contributed by atoms with Crippen molar-refractivity contribution in [1.29, 1.82) is 0 Å². The van der Waals surface area contributed by atoms with Crippen LogP contribution in [-0.2, 0) is 14.9 Å². The molecule has 7 rings (SSSR count). The molecule has 1 aromatic heterocycles. The summed E-state index contributed by atoms with van der Waals surface area (Å²) < 4.78 is 22.9. The molecule has 194 valence electrons. The number of hydrogen-bond acceptors (Lipinski definition) is 7. The third-order valence-corrected chi connectivity index (χ3v) is 8.37. The van der Waals surface area contributed by atoms with Crippen molar-refractivity contribution < 1.29 is 28.5 Å². The zero-order valence-electron chi connectivity index (χ0n) is 21.0. The molecule has 0 amide bonds. The van der Waals surface area contributed by atoms with Crippen LogP contribution in [0.4, 0.5) is 0 Å². The second-order valence-corrected chi connectivity index (χ2v) is 10.9. The van der Waals surface area contributed by atoms with Gasteiger partial charge in [-0.15, -0.1) is 10.2 Å². The van der Waals surface area contributed by atoms with Crippen molar-refractivity contribution in [3.63, 3.8) is 0 Å². The van der Waals surface area contributed by atoms with Crippen LogP contribution in [0.25, 0.3) is 22.9 Å². The summed E-state index contributed by atoms with van der Waals surface area (Å²) >= 11 is 0. The standard InChI is InChI=1S/C29H32N2O6/c1-34-8-9-35-17-36-25-7-6-23(13-24(25)29-14-18-10-19(15-29)12-20(11-18)16-29)27-31-30-26(37-27)21-2-4-22(5-3-21)28(32)33/h2-7,13,18-20H,8-12,14-17H2,1H3,(H,32,33). The summed E-state index contributed by atoms with van der Waals surface area (Å²) in [6.07, 6.45) is 7.70. The summed E-state index contributed by atoms with van der Waals surface area (Å²) in [4.78, 5) is 11.2. The lowest BCUT2D eigenvalue weighted by molar-refractivity contribution is -0.0189. The number of ether oxygens (including phenoxy) is 3. The van der Waals surface area contributed by atoms with Gasteiger partial charge in [0.15, 0.2) is 6.79 Å². The molecule has 2 aromatic carbocycles. The lowest BCUT2D eigenvalue weighted by Gasteiger charge is -2.57. The van der Waals surface area contributed by atoms with Gasteiger partial charge in [-0.25, -0.2) is 4.79 Å². The molecule has 0 saturated heterocycles. The minimum absolute atomic E-state index is 0.113. The fourth-order valence-electron chi connectivity index (χ4n) is 7.16. The van der Waals surface area contributed by atoms with Crippen LogP contribution in [0.15, 0.2) is 46.9 Å². The molecule has 1 heterocycles. The van der Waals surface area contributed by atoms with Gasteiger partial charge >= 0.3 is 5.97 Å². The quantitative estimate of drug-likeness (QED) is 0.282. The Balaban J connectivity index is 1.30. The molecule has 0 atom stereocenters. The highest BCUT2D eigenvalue weighted by Gasteiger charge is 2.52. The molecule has 4 aliphatic carbocycles. The molecule has 0 radical (unpaired) electrons. The molecule has 37 heavy (non-hydrogen) atoms. The van der Waals surface area contributed by atoms with Crippen LogP contribution in [0.3, 0.4) is 0 Å². The smallest absolute Gasteiger partial charge is 0.335 e. The largest absolute Gasteiger partial charge is 0.478 e. The number of aromatic carboxylic acids is 1. The molecule has 0 spiro atoms. The van der Waals surface area contributed by atoms with Crippen LogP contribution in [0.5, 0.6) is 5.75 Å². The van der Waals surface area contributed by atoms with Crippen molar-refractivity contribution in [1.82, 2.24) is 10.2 Å². The molecule has 4 saturated carbocycles. The summed E-state index contributed by atoms with van der Waals surface area (Å²) in [6, 6.07) is 12.6. The van der Waals surface area contributed by atoms with E-state index in [2.05, 4.69) is 16.3 Å². The molecule has 8 nitrogen and oxygen atoms in total.